The predicted molar refractivity (Wildman–Crippen MR) is 97.2 cm³/mol. The molecule has 1 aliphatic rings. The molecule has 0 saturated carbocycles. The van der Waals surface area contributed by atoms with Crippen molar-refractivity contribution in [1.29, 1.82) is 0 Å². The summed E-state index contributed by atoms with van der Waals surface area (Å²) in [5, 5.41) is 0.916. The number of fused-ring (bicyclic) bond motifs is 1. The summed E-state index contributed by atoms with van der Waals surface area (Å²) in [6.45, 7) is 2.00. The Labute approximate surface area is 150 Å². The topological polar surface area (TPSA) is 20.3 Å². The van der Waals surface area contributed by atoms with E-state index in [9.17, 15) is 9.18 Å². The van der Waals surface area contributed by atoms with Crippen molar-refractivity contribution in [1.82, 2.24) is 0 Å². The molecule has 1 aliphatic heterocycles. The third-order valence-electron chi connectivity index (χ3n) is 4.17. The van der Waals surface area contributed by atoms with Gasteiger partial charge in [0.25, 0.3) is 5.91 Å². The van der Waals surface area contributed by atoms with E-state index in [4.69, 9.17) is 23.2 Å². The monoisotopic (exact) mass is 363 g/mol. The number of halogens is 3. The summed E-state index contributed by atoms with van der Waals surface area (Å²) in [4.78, 5) is 14.4. The van der Waals surface area contributed by atoms with Crippen LogP contribution in [-0.2, 0) is 11.2 Å². The highest BCUT2D eigenvalue weighted by atomic mass is 35.5. The van der Waals surface area contributed by atoms with E-state index in [1.807, 2.05) is 6.92 Å². The molecular formula is C19H16Cl2FNO. The van der Waals surface area contributed by atoms with E-state index in [2.05, 4.69) is 0 Å². The Kier molecular flexibility index (Phi) is 4.93. The third-order valence-corrected chi connectivity index (χ3v) is 4.91. The molecule has 5 heteroatoms. The van der Waals surface area contributed by atoms with Gasteiger partial charge in [0.1, 0.15) is 5.82 Å². The van der Waals surface area contributed by atoms with Gasteiger partial charge in [0.2, 0.25) is 0 Å². The van der Waals surface area contributed by atoms with Crippen LogP contribution in [0.1, 0.15) is 24.5 Å². The number of aryl methyl sites for hydroxylation is 1. The first kappa shape index (κ1) is 17.0. The second-order valence-electron chi connectivity index (χ2n) is 5.88. The number of benzene rings is 2. The summed E-state index contributed by atoms with van der Waals surface area (Å²) in [5.74, 6) is -0.414. The average Bonchev–Trinajstić information content (AvgIpc) is 2.55. The largest absolute Gasteiger partial charge is 0.306 e. The molecule has 2 nitrogen and oxygen atoms in total. The highest BCUT2D eigenvalue weighted by Gasteiger charge is 2.27. The molecule has 0 radical (unpaired) electrons. The maximum Gasteiger partial charge on any atom is 0.251 e. The molecule has 0 saturated heterocycles. The van der Waals surface area contributed by atoms with Gasteiger partial charge in [-0.3, -0.25) is 4.79 Å². The molecule has 124 valence electrons. The van der Waals surface area contributed by atoms with E-state index < -0.39 is 0 Å². The van der Waals surface area contributed by atoms with E-state index in [1.165, 1.54) is 18.2 Å². The van der Waals surface area contributed by atoms with E-state index in [0.717, 1.165) is 29.7 Å². The molecule has 2 aromatic carbocycles. The van der Waals surface area contributed by atoms with Gasteiger partial charge in [0.15, 0.2) is 0 Å². The minimum Gasteiger partial charge on any atom is -0.306 e. The fourth-order valence-corrected chi connectivity index (χ4v) is 3.23. The normalized spacial score (nSPS) is 17.2. The van der Waals surface area contributed by atoms with E-state index in [0.29, 0.717) is 10.0 Å². The first-order valence-corrected chi connectivity index (χ1v) is 8.46. The lowest BCUT2D eigenvalue weighted by Crippen LogP contribution is -2.41. The molecule has 0 aliphatic carbocycles. The van der Waals surface area contributed by atoms with Crippen molar-refractivity contribution >= 4 is 40.9 Å². The minimum atomic E-state index is -0.276. The second kappa shape index (κ2) is 6.96. The predicted octanol–water partition coefficient (Wildman–Crippen LogP) is 5.51. The average molecular weight is 364 g/mol. The zero-order valence-corrected chi connectivity index (χ0v) is 14.6. The summed E-state index contributed by atoms with van der Waals surface area (Å²) in [5.41, 5.74) is 2.44. The number of amides is 1. The molecule has 1 heterocycles. The van der Waals surface area contributed by atoms with E-state index in [-0.39, 0.29) is 17.8 Å². The standard InChI is InChI=1S/C19H16Cl2FNO/c1-12-2-5-14-11-15(22)6-8-18(14)23(12)19(24)9-4-13-3-7-16(20)17(21)10-13/h3-4,6-12H,2,5H2,1H3/t12-/m1/s1. The first-order valence-electron chi connectivity index (χ1n) is 7.70. The molecule has 1 amide bonds. The number of nitrogens with zero attached hydrogens (tertiary/aromatic N) is 1. The van der Waals surface area contributed by atoms with Gasteiger partial charge in [-0.1, -0.05) is 29.3 Å². The number of hydrogen-bond acceptors (Lipinski definition) is 1. The summed E-state index contributed by atoms with van der Waals surface area (Å²) in [6, 6.07) is 9.82. The molecule has 2 aromatic rings. The molecule has 1 atom stereocenters. The highest BCUT2D eigenvalue weighted by Crippen LogP contribution is 2.31. The quantitative estimate of drug-likeness (QED) is 0.643. The summed E-state index contributed by atoms with van der Waals surface area (Å²) in [6.07, 6.45) is 4.79. The Balaban J connectivity index is 1.86. The lowest BCUT2D eigenvalue weighted by molar-refractivity contribution is -0.114. The van der Waals surface area contributed by atoms with Crippen LogP contribution in [-0.4, -0.2) is 11.9 Å². The number of carbonyl (C=O) groups excluding carboxylic acids is 1. The Bertz CT molecular complexity index is 819. The molecule has 0 fully saturated rings. The van der Waals surface area contributed by atoms with Gasteiger partial charge in [-0.15, -0.1) is 0 Å². The van der Waals surface area contributed by atoms with Crippen molar-refractivity contribution in [2.45, 2.75) is 25.8 Å². The summed E-state index contributed by atoms with van der Waals surface area (Å²) >= 11 is 11.9. The molecule has 0 N–H and O–H groups in total. The lowest BCUT2D eigenvalue weighted by Gasteiger charge is -2.34. The number of anilines is 1. The van der Waals surface area contributed by atoms with E-state index >= 15 is 0 Å². The van der Waals surface area contributed by atoms with Crippen molar-refractivity contribution in [3.63, 3.8) is 0 Å². The molecule has 3 rings (SSSR count). The van der Waals surface area contributed by atoms with Gasteiger partial charge in [-0.05, 0) is 67.3 Å². The number of carbonyl (C=O) groups is 1. The van der Waals surface area contributed by atoms with Crippen LogP contribution in [0.15, 0.2) is 42.5 Å². The van der Waals surface area contributed by atoms with Crippen LogP contribution in [0.3, 0.4) is 0 Å². The van der Waals surface area contributed by atoms with E-state index in [1.54, 1.807) is 35.2 Å². The number of hydrogen-bond donors (Lipinski definition) is 0. The van der Waals surface area contributed by atoms with Gasteiger partial charge in [-0.2, -0.15) is 0 Å². The smallest absolute Gasteiger partial charge is 0.251 e. The minimum absolute atomic E-state index is 0.0638. The highest BCUT2D eigenvalue weighted by molar-refractivity contribution is 6.42. The van der Waals surface area contributed by atoms with Crippen LogP contribution in [0.25, 0.3) is 6.08 Å². The zero-order valence-electron chi connectivity index (χ0n) is 13.1. The van der Waals surface area contributed by atoms with Crippen molar-refractivity contribution in [2.24, 2.45) is 0 Å². The Morgan fingerprint density at radius 1 is 1.21 bits per heavy atom. The van der Waals surface area contributed by atoms with Crippen LogP contribution >= 0.6 is 23.2 Å². The van der Waals surface area contributed by atoms with Crippen molar-refractivity contribution in [3.05, 3.63) is 69.5 Å². The van der Waals surface area contributed by atoms with Crippen molar-refractivity contribution in [3.8, 4) is 0 Å². The zero-order chi connectivity index (χ0) is 17.3. The number of rotatable bonds is 2. The summed E-state index contributed by atoms with van der Waals surface area (Å²) in [7, 11) is 0. The Morgan fingerprint density at radius 3 is 2.75 bits per heavy atom. The maximum atomic E-state index is 13.4. The van der Waals surface area contributed by atoms with Crippen LogP contribution in [0, 0.1) is 5.82 Å². The molecular weight excluding hydrogens is 348 g/mol. The second-order valence-corrected chi connectivity index (χ2v) is 6.69. The van der Waals surface area contributed by atoms with Gasteiger partial charge in [0.05, 0.1) is 10.0 Å². The fourth-order valence-electron chi connectivity index (χ4n) is 2.92. The van der Waals surface area contributed by atoms with Crippen molar-refractivity contribution in [2.75, 3.05) is 4.90 Å². The maximum absolute atomic E-state index is 13.4. The molecule has 0 bridgehead atoms. The molecule has 24 heavy (non-hydrogen) atoms. The fraction of sp³-hybridized carbons (Fsp3) is 0.211. The Morgan fingerprint density at radius 2 is 2.00 bits per heavy atom. The first-order chi connectivity index (χ1) is 11.5. The molecule has 0 spiro atoms. The van der Waals surface area contributed by atoms with Crippen LogP contribution in [0.5, 0.6) is 0 Å². The Hall–Kier alpha value is -1.84. The summed E-state index contributed by atoms with van der Waals surface area (Å²) < 4.78 is 13.4. The van der Waals surface area contributed by atoms with Gasteiger partial charge >= 0.3 is 0 Å². The van der Waals surface area contributed by atoms with Crippen LogP contribution in [0.2, 0.25) is 10.0 Å². The van der Waals surface area contributed by atoms with Gasteiger partial charge in [0, 0.05) is 17.8 Å². The van der Waals surface area contributed by atoms with Gasteiger partial charge in [-0.25, -0.2) is 4.39 Å². The van der Waals surface area contributed by atoms with Gasteiger partial charge < -0.3 is 4.90 Å². The van der Waals surface area contributed by atoms with Crippen LogP contribution in [0.4, 0.5) is 10.1 Å². The van der Waals surface area contributed by atoms with Crippen LogP contribution < -0.4 is 4.90 Å². The third kappa shape index (κ3) is 3.47. The molecule has 0 unspecified atom stereocenters. The SMILES string of the molecule is C[C@@H]1CCc2cc(F)ccc2N1C(=O)C=Cc1ccc(Cl)c(Cl)c1. The lowest BCUT2D eigenvalue weighted by atomic mass is 9.96. The molecule has 0 aromatic heterocycles. The van der Waals surface area contributed by atoms with Crippen molar-refractivity contribution < 1.29 is 9.18 Å².